The van der Waals surface area contributed by atoms with Crippen LogP contribution in [0.3, 0.4) is 0 Å². The molecule has 0 bridgehead atoms. The fourth-order valence-electron chi connectivity index (χ4n) is 2.72. The van der Waals surface area contributed by atoms with Crippen LogP contribution in [-0.2, 0) is 12.8 Å². The van der Waals surface area contributed by atoms with Crippen molar-refractivity contribution in [3.63, 3.8) is 0 Å². The molecule has 0 saturated carbocycles. The summed E-state index contributed by atoms with van der Waals surface area (Å²) in [5, 5.41) is 0.737. The normalized spacial score (nSPS) is 17.6. The van der Waals surface area contributed by atoms with Gasteiger partial charge in [-0.3, -0.25) is 4.79 Å². The van der Waals surface area contributed by atoms with Gasteiger partial charge in [0.2, 0.25) is 0 Å². The van der Waals surface area contributed by atoms with Gasteiger partial charge in [0.05, 0.1) is 0 Å². The SMILES string of the molecule is CC1Cc2c(Cl)cc(Cc3ccccc3)cc2C1=O. The van der Waals surface area contributed by atoms with Crippen molar-refractivity contribution in [2.24, 2.45) is 5.92 Å². The molecule has 0 heterocycles. The number of benzene rings is 2. The van der Waals surface area contributed by atoms with E-state index in [1.807, 2.05) is 37.3 Å². The van der Waals surface area contributed by atoms with Gasteiger partial charge in [-0.15, -0.1) is 0 Å². The summed E-state index contributed by atoms with van der Waals surface area (Å²) in [6.45, 7) is 1.97. The fourth-order valence-corrected chi connectivity index (χ4v) is 3.04. The van der Waals surface area contributed by atoms with Crippen LogP contribution in [0, 0.1) is 5.92 Å². The highest BCUT2D eigenvalue weighted by Gasteiger charge is 2.29. The van der Waals surface area contributed by atoms with Crippen molar-refractivity contribution >= 4 is 17.4 Å². The summed E-state index contributed by atoms with van der Waals surface area (Å²) in [5.41, 5.74) is 4.19. The van der Waals surface area contributed by atoms with Crippen molar-refractivity contribution in [1.82, 2.24) is 0 Å². The van der Waals surface area contributed by atoms with Crippen LogP contribution in [0.25, 0.3) is 0 Å². The number of fused-ring (bicyclic) bond motifs is 1. The lowest BCUT2D eigenvalue weighted by Crippen LogP contribution is -2.03. The Hall–Kier alpha value is -1.60. The molecule has 1 aliphatic carbocycles. The molecule has 2 aromatic carbocycles. The fraction of sp³-hybridized carbons (Fsp3) is 0.235. The van der Waals surface area contributed by atoms with E-state index in [1.165, 1.54) is 5.56 Å². The van der Waals surface area contributed by atoms with Gasteiger partial charge in [0.1, 0.15) is 0 Å². The third-order valence-electron chi connectivity index (χ3n) is 3.73. The molecule has 1 unspecified atom stereocenters. The zero-order chi connectivity index (χ0) is 13.4. The summed E-state index contributed by atoms with van der Waals surface area (Å²) in [4.78, 5) is 12.1. The van der Waals surface area contributed by atoms with Gasteiger partial charge in [-0.05, 0) is 41.7 Å². The molecule has 0 radical (unpaired) electrons. The second-order valence-corrected chi connectivity index (χ2v) is 5.64. The van der Waals surface area contributed by atoms with Crippen LogP contribution in [0.15, 0.2) is 42.5 Å². The van der Waals surface area contributed by atoms with Crippen molar-refractivity contribution in [3.8, 4) is 0 Å². The Balaban J connectivity index is 1.97. The van der Waals surface area contributed by atoms with E-state index >= 15 is 0 Å². The number of ketones is 1. The van der Waals surface area contributed by atoms with Crippen LogP contribution in [0.4, 0.5) is 0 Å². The first-order chi connectivity index (χ1) is 9.15. The molecule has 2 heteroatoms. The van der Waals surface area contributed by atoms with Crippen molar-refractivity contribution in [1.29, 1.82) is 0 Å². The van der Waals surface area contributed by atoms with Gasteiger partial charge in [-0.1, -0.05) is 48.9 Å². The highest BCUT2D eigenvalue weighted by molar-refractivity contribution is 6.32. The molecule has 0 fully saturated rings. The van der Waals surface area contributed by atoms with E-state index in [1.54, 1.807) is 0 Å². The van der Waals surface area contributed by atoms with Crippen LogP contribution in [-0.4, -0.2) is 5.78 Å². The van der Waals surface area contributed by atoms with E-state index in [-0.39, 0.29) is 11.7 Å². The van der Waals surface area contributed by atoms with Gasteiger partial charge in [-0.2, -0.15) is 0 Å². The van der Waals surface area contributed by atoms with Gasteiger partial charge in [-0.25, -0.2) is 0 Å². The predicted octanol–water partition coefficient (Wildman–Crippen LogP) is 4.31. The molecule has 0 aliphatic heterocycles. The topological polar surface area (TPSA) is 17.1 Å². The third-order valence-corrected chi connectivity index (χ3v) is 4.07. The zero-order valence-corrected chi connectivity index (χ0v) is 11.6. The lowest BCUT2D eigenvalue weighted by atomic mass is 10.00. The molecule has 1 atom stereocenters. The molecular formula is C17H15ClO. The molecule has 1 nitrogen and oxygen atoms in total. The first-order valence-corrected chi connectivity index (χ1v) is 6.92. The maximum Gasteiger partial charge on any atom is 0.166 e. The highest BCUT2D eigenvalue weighted by atomic mass is 35.5. The number of rotatable bonds is 2. The first kappa shape index (κ1) is 12.4. The molecule has 0 spiro atoms. The van der Waals surface area contributed by atoms with Crippen molar-refractivity contribution in [3.05, 3.63) is 69.7 Å². The second-order valence-electron chi connectivity index (χ2n) is 5.24. The summed E-state index contributed by atoms with van der Waals surface area (Å²) in [6.07, 6.45) is 1.59. The number of halogens is 1. The van der Waals surface area contributed by atoms with E-state index in [0.717, 1.165) is 34.6 Å². The lowest BCUT2D eigenvalue weighted by Gasteiger charge is -2.07. The van der Waals surface area contributed by atoms with Gasteiger partial charge in [0, 0.05) is 16.5 Å². The predicted molar refractivity (Wildman–Crippen MR) is 77.9 cm³/mol. The molecule has 2 aromatic rings. The minimum atomic E-state index is 0.0690. The van der Waals surface area contributed by atoms with Crippen LogP contribution < -0.4 is 0 Å². The molecule has 1 aliphatic rings. The first-order valence-electron chi connectivity index (χ1n) is 6.54. The average Bonchev–Trinajstić information content (AvgIpc) is 2.68. The number of Topliss-reactive ketones (excluding diaryl/α,β-unsaturated/α-hetero) is 1. The third kappa shape index (κ3) is 2.31. The van der Waals surface area contributed by atoms with Gasteiger partial charge < -0.3 is 0 Å². The molecule has 3 rings (SSSR count). The minimum Gasteiger partial charge on any atom is -0.294 e. The van der Waals surface area contributed by atoms with Crippen molar-refractivity contribution in [2.45, 2.75) is 19.8 Å². The van der Waals surface area contributed by atoms with E-state index in [2.05, 4.69) is 12.1 Å². The van der Waals surface area contributed by atoms with Crippen molar-refractivity contribution in [2.75, 3.05) is 0 Å². The Morgan fingerprint density at radius 1 is 1.16 bits per heavy atom. The monoisotopic (exact) mass is 270 g/mol. The molecule has 0 aromatic heterocycles. The van der Waals surface area contributed by atoms with Crippen LogP contribution in [0.2, 0.25) is 5.02 Å². The zero-order valence-electron chi connectivity index (χ0n) is 10.8. The Labute approximate surface area is 118 Å². The highest BCUT2D eigenvalue weighted by Crippen LogP contribution is 2.33. The molecule has 0 N–H and O–H groups in total. The van der Waals surface area contributed by atoms with E-state index in [0.29, 0.717) is 0 Å². The Kier molecular flexibility index (Phi) is 3.16. The maximum atomic E-state index is 12.1. The van der Waals surface area contributed by atoms with Gasteiger partial charge in [0.15, 0.2) is 5.78 Å². The van der Waals surface area contributed by atoms with E-state index in [9.17, 15) is 4.79 Å². The summed E-state index contributed by atoms with van der Waals surface area (Å²) >= 11 is 6.32. The molecular weight excluding hydrogens is 256 g/mol. The minimum absolute atomic E-state index is 0.0690. The standard InChI is InChI=1S/C17H15ClO/c1-11-7-14-15(17(11)19)9-13(10-16(14)18)8-12-5-3-2-4-6-12/h2-6,9-11H,7-8H2,1H3. The number of hydrogen-bond acceptors (Lipinski definition) is 1. The van der Waals surface area contributed by atoms with E-state index < -0.39 is 0 Å². The number of carbonyl (C=O) groups is 1. The Morgan fingerprint density at radius 3 is 2.63 bits per heavy atom. The second kappa shape index (κ2) is 4.82. The van der Waals surface area contributed by atoms with Crippen LogP contribution >= 0.6 is 11.6 Å². The molecule has 96 valence electrons. The lowest BCUT2D eigenvalue weighted by molar-refractivity contribution is 0.0946. The van der Waals surface area contributed by atoms with Crippen LogP contribution in [0.1, 0.15) is 34.0 Å². The Morgan fingerprint density at radius 2 is 1.89 bits per heavy atom. The maximum absolute atomic E-state index is 12.1. The van der Waals surface area contributed by atoms with Gasteiger partial charge >= 0.3 is 0 Å². The van der Waals surface area contributed by atoms with Gasteiger partial charge in [0.25, 0.3) is 0 Å². The smallest absolute Gasteiger partial charge is 0.166 e. The van der Waals surface area contributed by atoms with Crippen LogP contribution in [0.5, 0.6) is 0 Å². The Bertz CT molecular complexity index is 631. The molecule has 0 saturated heterocycles. The molecule has 19 heavy (non-hydrogen) atoms. The summed E-state index contributed by atoms with van der Waals surface area (Å²) in [7, 11) is 0. The number of carbonyl (C=O) groups excluding carboxylic acids is 1. The quantitative estimate of drug-likeness (QED) is 0.795. The number of hydrogen-bond donors (Lipinski definition) is 0. The summed E-state index contributed by atoms with van der Waals surface area (Å²) < 4.78 is 0. The largest absolute Gasteiger partial charge is 0.294 e. The van der Waals surface area contributed by atoms with E-state index in [4.69, 9.17) is 11.6 Å². The molecule has 0 amide bonds. The average molecular weight is 271 g/mol. The summed E-state index contributed by atoms with van der Waals surface area (Å²) in [6, 6.07) is 14.2. The van der Waals surface area contributed by atoms with Crippen molar-refractivity contribution < 1.29 is 4.79 Å². The summed E-state index contributed by atoms with van der Waals surface area (Å²) in [5.74, 6) is 0.297.